The number of amides is 1. The molecule has 2 bridgehead atoms. The van der Waals surface area contributed by atoms with E-state index in [0.29, 0.717) is 12.8 Å². The summed E-state index contributed by atoms with van der Waals surface area (Å²) in [7, 11) is 0. The molecular formula is C35H51NO13. The van der Waals surface area contributed by atoms with E-state index in [1.165, 1.54) is 19.9 Å². The molecular weight excluding hydrogens is 642 g/mol. The molecule has 0 aromatic rings. The molecule has 3 saturated carbocycles. The Morgan fingerprint density at radius 3 is 2.33 bits per heavy atom. The molecule has 1 heterocycles. The van der Waals surface area contributed by atoms with Gasteiger partial charge in [-0.1, -0.05) is 45.8 Å². The molecule has 49 heavy (non-hydrogen) atoms. The van der Waals surface area contributed by atoms with E-state index >= 15 is 0 Å². The van der Waals surface area contributed by atoms with Gasteiger partial charge in [0.05, 0.1) is 30.3 Å². The van der Waals surface area contributed by atoms with Gasteiger partial charge in [-0.3, -0.25) is 9.59 Å². The number of ether oxygens (including phenoxy) is 4. The van der Waals surface area contributed by atoms with Crippen molar-refractivity contribution in [1.29, 1.82) is 0 Å². The number of rotatable bonds is 8. The predicted octanol–water partition coefficient (Wildman–Crippen LogP) is 0.990. The Labute approximate surface area is 285 Å². The van der Waals surface area contributed by atoms with Crippen molar-refractivity contribution in [3.63, 3.8) is 0 Å². The number of hydrogen-bond acceptors (Lipinski definition) is 13. The number of fused-ring (bicyclic) bond motifs is 5. The quantitative estimate of drug-likeness (QED) is 0.119. The van der Waals surface area contributed by atoms with E-state index in [1.807, 2.05) is 0 Å². The second kappa shape index (κ2) is 13.3. The number of hydrogen-bond donors (Lipinski definition) is 6. The molecule has 14 nitrogen and oxygen atoms in total. The number of carbonyl (C=O) groups excluding carboxylic acids is 4. The van der Waals surface area contributed by atoms with Crippen molar-refractivity contribution in [2.75, 3.05) is 13.2 Å². The second-order valence-electron chi connectivity index (χ2n) is 15.3. The van der Waals surface area contributed by atoms with Crippen molar-refractivity contribution >= 4 is 23.8 Å². The lowest BCUT2D eigenvalue weighted by atomic mass is 9.45. The first kappa shape index (κ1) is 37.4. The highest BCUT2D eigenvalue weighted by molar-refractivity contribution is 5.93. The molecule has 1 amide bonds. The van der Waals surface area contributed by atoms with E-state index in [9.17, 15) is 44.7 Å². The Morgan fingerprint density at radius 2 is 1.76 bits per heavy atom. The standard InChI is InChI=1S/C35H51NO13/c1-7-13-46-31(43)36-24(19-11-9-8-10-12-19)26(40)30(42)49-20-15-35(45)29(48-18(3)37)27-33(6,21(38)14-22-34(27,44)16-47-22)28(41)25(39)23(17(20)2)32(35,4)5/h7,19-22,24-27,29,38-40,44-45H,1,8-16H2,2-6H3,(H,36,43)/t20-,21-,22+,24-,25+,26+,27-,29-,33+,34-,35+/m0/s1. The van der Waals surface area contributed by atoms with Gasteiger partial charge in [-0.2, -0.15) is 0 Å². The number of carbonyl (C=O) groups is 4. The summed E-state index contributed by atoms with van der Waals surface area (Å²) in [4.78, 5) is 53.4. The predicted molar refractivity (Wildman–Crippen MR) is 170 cm³/mol. The highest BCUT2D eigenvalue weighted by Crippen LogP contribution is 2.63. The summed E-state index contributed by atoms with van der Waals surface area (Å²) >= 11 is 0. The van der Waals surface area contributed by atoms with Gasteiger partial charge in [0.15, 0.2) is 11.9 Å². The molecule has 6 N–H and O–H groups in total. The van der Waals surface area contributed by atoms with Gasteiger partial charge in [0.1, 0.15) is 36.1 Å². The van der Waals surface area contributed by atoms with Crippen LogP contribution in [0.15, 0.2) is 23.8 Å². The summed E-state index contributed by atoms with van der Waals surface area (Å²) in [6.07, 6.45) is -5.31. The van der Waals surface area contributed by atoms with Gasteiger partial charge in [-0.15, -0.1) is 0 Å². The summed E-state index contributed by atoms with van der Waals surface area (Å²) in [5.74, 6) is -4.55. The number of alkyl carbamates (subject to hydrolysis) is 1. The molecule has 0 radical (unpaired) electrons. The van der Waals surface area contributed by atoms with Crippen LogP contribution in [-0.4, -0.2) is 116 Å². The van der Waals surface area contributed by atoms with Gasteiger partial charge in [-0.05, 0) is 43.8 Å². The average Bonchev–Trinajstić information content (AvgIpc) is 3.04. The second-order valence-corrected chi connectivity index (χ2v) is 15.3. The van der Waals surface area contributed by atoms with Gasteiger partial charge >= 0.3 is 18.0 Å². The first-order chi connectivity index (χ1) is 22.9. The van der Waals surface area contributed by atoms with Crippen molar-refractivity contribution in [2.24, 2.45) is 22.7 Å². The van der Waals surface area contributed by atoms with Gasteiger partial charge in [0.2, 0.25) is 0 Å². The van der Waals surface area contributed by atoms with E-state index in [1.54, 1.807) is 13.8 Å². The van der Waals surface area contributed by atoms with Gasteiger partial charge in [-0.25, -0.2) is 9.59 Å². The third-order valence-electron chi connectivity index (χ3n) is 12.3. The number of aliphatic hydroxyl groups excluding tert-OH is 3. The van der Waals surface area contributed by atoms with Gasteiger partial charge < -0.3 is 49.8 Å². The van der Waals surface area contributed by atoms with E-state index in [2.05, 4.69) is 11.9 Å². The monoisotopic (exact) mass is 693 g/mol. The summed E-state index contributed by atoms with van der Waals surface area (Å²) in [5, 5.41) is 62.1. The molecule has 4 fully saturated rings. The van der Waals surface area contributed by atoms with Gasteiger partial charge in [0.25, 0.3) is 0 Å². The van der Waals surface area contributed by atoms with Crippen LogP contribution in [-0.2, 0) is 33.3 Å². The number of nitrogens with one attached hydrogen (secondary N) is 1. The topological polar surface area (TPSA) is 218 Å². The van der Waals surface area contributed by atoms with Crippen LogP contribution in [0.3, 0.4) is 0 Å². The molecule has 274 valence electrons. The third-order valence-corrected chi connectivity index (χ3v) is 12.3. The summed E-state index contributed by atoms with van der Waals surface area (Å²) in [5.41, 5.74) is -7.24. The molecule has 5 aliphatic rings. The molecule has 4 aliphatic carbocycles. The maximum atomic E-state index is 14.4. The molecule has 1 saturated heterocycles. The van der Waals surface area contributed by atoms with Crippen LogP contribution in [0.4, 0.5) is 4.79 Å². The molecule has 0 unspecified atom stereocenters. The fourth-order valence-electron chi connectivity index (χ4n) is 9.41. The Bertz CT molecular complexity index is 1390. The zero-order chi connectivity index (χ0) is 36.3. The molecule has 0 aromatic heterocycles. The van der Waals surface area contributed by atoms with Crippen LogP contribution in [0.1, 0.15) is 79.6 Å². The van der Waals surface area contributed by atoms with Crippen LogP contribution in [0.2, 0.25) is 0 Å². The maximum absolute atomic E-state index is 14.4. The van der Waals surface area contributed by atoms with Crippen molar-refractivity contribution in [3.8, 4) is 0 Å². The van der Waals surface area contributed by atoms with Crippen molar-refractivity contribution in [2.45, 2.75) is 133 Å². The van der Waals surface area contributed by atoms with E-state index < -0.39 is 101 Å². The number of esters is 2. The van der Waals surface area contributed by atoms with Crippen molar-refractivity contribution < 1.29 is 63.7 Å². The molecule has 14 heteroatoms. The van der Waals surface area contributed by atoms with Gasteiger partial charge in [0, 0.05) is 31.1 Å². The molecule has 5 rings (SSSR count). The number of aliphatic hydroxyl groups is 5. The summed E-state index contributed by atoms with van der Waals surface area (Å²) in [6, 6.07) is -1.07. The SMILES string of the molecule is C=CCOC(=O)N[C@@H](C1CCCCC1)[C@@H](O)C(=O)O[C@H]1C[C@@]2(O)[C@@H](OC(C)=O)[C@@H]3[C@]4(O)CO[C@@H]4C[C@H](O)[C@@]3(C)C(=O)[C@H](O)C(=C1C)C2(C)C. The fourth-order valence-corrected chi connectivity index (χ4v) is 9.41. The van der Waals surface area contributed by atoms with E-state index in [0.717, 1.165) is 26.2 Å². The van der Waals surface area contributed by atoms with Crippen LogP contribution in [0, 0.1) is 22.7 Å². The number of ketones is 1. The maximum Gasteiger partial charge on any atom is 0.407 e. The minimum Gasteiger partial charge on any atom is -0.459 e. The van der Waals surface area contributed by atoms with Crippen LogP contribution >= 0.6 is 0 Å². The van der Waals surface area contributed by atoms with Crippen molar-refractivity contribution in [3.05, 3.63) is 23.8 Å². The Morgan fingerprint density at radius 1 is 1.10 bits per heavy atom. The molecule has 0 spiro atoms. The van der Waals surface area contributed by atoms with Crippen LogP contribution in [0.25, 0.3) is 0 Å². The zero-order valence-corrected chi connectivity index (χ0v) is 28.8. The molecule has 0 aromatic carbocycles. The number of Topliss-reactive ketones (excluding diaryl/α,β-unsaturated/α-hetero) is 1. The van der Waals surface area contributed by atoms with Crippen LogP contribution < -0.4 is 5.32 Å². The lowest BCUT2D eigenvalue weighted by Gasteiger charge is -2.66. The zero-order valence-electron chi connectivity index (χ0n) is 28.8. The van der Waals surface area contributed by atoms with E-state index in [-0.39, 0.29) is 36.7 Å². The lowest BCUT2D eigenvalue weighted by Crippen LogP contribution is -2.81. The first-order valence-corrected chi connectivity index (χ1v) is 17.1. The molecule has 1 aliphatic heterocycles. The Hall–Kier alpha value is -2.88. The lowest BCUT2D eigenvalue weighted by molar-refractivity contribution is -0.345. The van der Waals surface area contributed by atoms with Crippen molar-refractivity contribution in [1.82, 2.24) is 5.32 Å². The largest absolute Gasteiger partial charge is 0.459 e. The Kier molecular flexibility index (Phi) is 10.2. The minimum atomic E-state index is -2.21. The summed E-state index contributed by atoms with van der Waals surface area (Å²) in [6.45, 7) is 10.3. The normalized spacial score (nSPS) is 39.8. The smallest absolute Gasteiger partial charge is 0.407 e. The highest BCUT2D eigenvalue weighted by atomic mass is 16.6. The first-order valence-electron chi connectivity index (χ1n) is 17.1. The van der Waals surface area contributed by atoms with E-state index in [4.69, 9.17) is 18.9 Å². The minimum absolute atomic E-state index is 0.00324. The fraction of sp³-hybridized carbons (Fsp3) is 0.771. The van der Waals surface area contributed by atoms with Crippen LogP contribution in [0.5, 0.6) is 0 Å². The highest BCUT2D eigenvalue weighted by Gasteiger charge is 2.76. The molecule has 11 atom stereocenters. The average molecular weight is 694 g/mol. The Balaban J connectivity index is 1.57. The third kappa shape index (κ3) is 5.91. The summed E-state index contributed by atoms with van der Waals surface area (Å²) < 4.78 is 22.3.